The van der Waals surface area contributed by atoms with Gasteiger partial charge in [0, 0.05) is 12.8 Å². The van der Waals surface area contributed by atoms with E-state index in [2.05, 4.69) is 11.4 Å². The zero-order valence-corrected chi connectivity index (χ0v) is 12.2. The number of nitriles is 1. The number of hydrogen-bond donors (Lipinski definition) is 1. The molecular weight excluding hydrogens is 280 g/mol. The van der Waals surface area contributed by atoms with Crippen LogP contribution in [0.1, 0.15) is 16.7 Å². The van der Waals surface area contributed by atoms with Crippen molar-refractivity contribution in [3.05, 3.63) is 65.2 Å². The second-order valence-electron chi connectivity index (χ2n) is 4.60. The maximum Gasteiger partial charge on any atom is 0.411 e. The number of anilines is 1. The molecule has 0 unspecified atom stereocenters. The summed E-state index contributed by atoms with van der Waals surface area (Å²) in [4.78, 5) is 11.8. The van der Waals surface area contributed by atoms with Gasteiger partial charge in [-0.25, -0.2) is 4.79 Å². The number of amides is 1. The van der Waals surface area contributed by atoms with Gasteiger partial charge in [-0.15, -0.1) is 0 Å². The average Bonchev–Trinajstić information content (AvgIpc) is 2.55. The Bertz CT molecular complexity index is 678. The summed E-state index contributed by atoms with van der Waals surface area (Å²) in [7, 11) is 1.56. The highest BCUT2D eigenvalue weighted by molar-refractivity contribution is 5.84. The lowest BCUT2D eigenvalue weighted by atomic mass is 10.1. The summed E-state index contributed by atoms with van der Waals surface area (Å²) < 4.78 is 10.1. The largest absolute Gasteiger partial charge is 0.444 e. The number of benzene rings is 2. The molecular formula is C17H16N2O3. The molecule has 0 radical (unpaired) electrons. The maximum atomic E-state index is 11.8. The van der Waals surface area contributed by atoms with Gasteiger partial charge in [-0.1, -0.05) is 36.4 Å². The van der Waals surface area contributed by atoms with Crippen molar-refractivity contribution < 1.29 is 14.3 Å². The Morgan fingerprint density at radius 1 is 1.18 bits per heavy atom. The first-order valence-corrected chi connectivity index (χ1v) is 6.72. The van der Waals surface area contributed by atoms with Gasteiger partial charge in [0.05, 0.1) is 18.2 Å². The number of methoxy groups -OCH3 is 1. The molecule has 22 heavy (non-hydrogen) atoms. The van der Waals surface area contributed by atoms with Crippen molar-refractivity contribution in [1.29, 1.82) is 5.26 Å². The number of rotatable bonds is 5. The maximum absolute atomic E-state index is 11.8. The smallest absolute Gasteiger partial charge is 0.411 e. The number of hydrogen-bond acceptors (Lipinski definition) is 4. The van der Waals surface area contributed by atoms with E-state index in [0.717, 1.165) is 11.1 Å². The highest BCUT2D eigenvalue weighted by Gasteiger charge is 2.07. The molecule has 5 heteroatoms. The van der Waals surface area contributed by atoms with Gasteiger partial charge in [-0.2, -0.15) is 5.26 Å². The predicted molar refractivity (Wildman–Crippen MR) is 82.1 cm³/mol. The molecule has 0 aliphatic rings. The van der Waals surface area contributed by atoms with Crippen molar-refractivity contribution in [1.82, 2.24) is 0 Å². The molecule has 2 aromatic rings. The Labute approximate surface area is 129 Å². The zero-order valence-electron chi connectivity index (χ0n) is 12.2. The van der Waals surface area contributed by atoms with Crippen molar-refractivity contribution in [2.75, 3.05) is 12.4 Å². The van der Waals surface area contributed by atoms with Gasteiger partial charge in [-0.3, -0.25) is 5.32 Å². The van der Waals surface area contributed by atoms with Crippen LogP contribution < -0.4 is 5.32 Å². The molecule has 2 rings (SSSR count). The van der Waals surface area contributed by atoms with Crippen molar-refractivity contribution in [3.8, 4) is 6.07 Å². The standard InChI is InChI=1S/C17H16N2O3/c1-21-12-14-7-8-16(9-15(14)10-18)19-17(20)22-11-13-5-3-2-4-6-13/h2-9H,11-12H2,1H3,(H,19,20). The minimum atomic E-state index is -0.563. The van der Waals surface area contributed by atoms with Crippen molar-refractivity contribution in [2.24, 2.45) is 0 Å². The van der Waals surface area contributed by atoms with Crippen LogP contribution in [0.4, 0.5) is 10.5 Å². The SMILES string of the molecule is COCc1ccc(NC(=O)OCc2ccccc2)cc1C#N. The number of ether oxygens (including phenoxy) is 2. The molecule has 1 amide bonds. The van der Waals surface area contributed by atoms with Crippen LogP contribution in [0.25, 0.3) is 0 Å². The van der Waals surface area contributed by atoms with Crippen LogP contribution in [0.5, 0.6) is 0 Å². The van der Waals surface area contributed by atoms with Crippen LogP contribution in [-0.2, 0) is 22.7 Å². The molecule has 5 nitrogen and oxygen atoms in total. The monoisotopic (exact) mass is 296 g/mol. The molecule has 0 spiro atoms. The fourth-order valence-electron chi connectivity index (χ4n) is 1.92. The van der Waals surface area contributed by atoms with E-state index >= 15 is 0 Å². The van der Waals surface area contributed by atoms with Gasteiger partial charge in [0.25, 0.3) is 0 Å². The summed E-state index contributed by atoms with van der Waals surface area (Å²) in [6, 6.07) is 16.5. The lowest BCUT2D eigenvalue weighted by Gasteiger charge is -2.09. The third kappa shape index (κ3) is 4.33. The Hall–Kier alpha value is -2.84. The van der Waals surface area contributed by atoms with Crippen LogP contribution in [0.15, 0.2) is 48.5 Å². The fraction of sp³-hybridized carbons (Fsp3) is 0.176. The molecule has 2 aromatic carbocycles. The Balaban J connectivity index is 1.95. The van der Waals surface area contributed by atoms with E-state index in [0.29, 0.717) is 17.9 Å². The van der Waals surface area contributed by atoms with Crippen LogP contribution in [0, 0.1) is 11.3 Å². The number of carbonyl (C=O) groups excluding carboxylic acids is 1. The summed E-state index contributed by atoms with van der Waals surface area (Å²) in [5, 5.41) is 11.7. The number of nitrogens with zero attached hydrogens (tertiary/aromatic N) is 1. The summed E-state index contributed by atoms with van der Waals surface area (Å²) in [5.74, 6) is 0. The third-order valence-corrected chi connectivity index (χ3v) is 2.99. The van der Waals surface area contributed by atoms with Gasteiger partial charge in [0.1, 0.15) is 6.61 Å². The van der Waals surface area contributed by atoms with Gasteiger partial charge in [0.2, 0.25) is 0 Å². The van der Waals surface area contributed by atoms with Gasteiger partial charge < -0.3 is 9.47 Å². The first-order chi connectivity index (χ1) is 10.7. The Morgan fingerprint density at radius 3 is 2.64 bits per heavy atom. The van der Waals surface area contributed by atoms with E-state index in [-0.39, 0.29) is 6.61 Å². The zero-order chi connectivity index (χ0) is 15.8. The van der Waals surface area contributed by atoms with Gasteiger partial charge in [-0.05, 0) is 23.3 Å². The molecule has 0 aliphatic carbocycles. The predicted octanol–water partition coefficient (Wildman–Crippen LogP) is 3.45. The minimum absolute atomic E-state index is 0.194. The molecule has 0 saturated heterocycles. The molecule has 112 valence electrons. The van der Waals surface area contributed by atoms with Crippen molar-refractivity contribution in [2.45, 2.75) is 13.2 Å². The Morgan fingerprint density at radius 2 is 1.95 bits per heavy atom. The topological polar surface area (TPSA) is 71.3 Å². The van der Waals surface area contributed by atoms with Crippen LogP contribution in [0.2, 0.25) is 0 Å². The second-order valence-corrected chi connectivity index (χ2v) is 4.60. The number of nitrogens with one attached hydrogen (secondary N) is 1. The summed E-state index contributed by atoms with van der Waals surface area (Å²) in [5.41, 5.74) is 2.65. The van der Waals surface area contributed by atoms with Crippen molar-refractivity contribution in [3.63, 3.8) is 0 Å². The normalized spacial score (nSPS) is 9.82. The molecule has 0 aliphatic heterocycles. The lowest BCUT2D eigenvalue weighted by molar-refractivity contribution is 0.155. The van der Waals surface area contributed by atoms with E-state index in [9.17, 15) is 4.79 Å². The molecule has 0 fully saturated rings. The molecule has 0 heterocycles. The van der Waals surface area contributed by atoms with Gasteiger partial charge in [0.15, 0.2) is 0 Å². The minimum Gasteiger partial charge on any atom is -0.444 e. The van der Waals surface area contributed by atoms with E-state index < -0.39 is 6.09 Å². The molecule has 0 aromatic heterocycles. The van der Waals surface area contributed by atoms with E-state index in [1.165, 1.54) is 0 Å². The van der Waals surface area contributed by atoms with Crippen molar-refractivity contribution >= 4 is 11.8 Å². The van der Waals surface area contributed by atoms with Crippen LogP contribution >= 0.6 is 0 Å². The van der Waals surface area contributed by atoms with Gasteiger partial charge >= 0.3 is 6.09 Å². The highest BCUT2D eigenvalue weighted by atomic mass is 16.5. The first kappa shape index (κ1) is 15.5. The van der Waals surface area contributed by atoms with E-state index in [1.807, 2.05) is 30.3 Å². The first-order valence-electron chi connectivity index (χ1n) is 6.72. The third-order valence-electron chi connectivity index (χ3n) is 2.99. The quantitative estimate of drug-likeness (QED) is 0.917. The Kier molecular flexibility index (Phi) is 5.52. The lowest BCUT2D eigenvalue weighted by Crippen LogP contribution is -2.13. The molecule has 0 bridgehead atoms. The molecule has 0 saturated carbocycles. The summed E-state index contributed by atoms with van der Waals surface area (Å²) >= 11 is 0. The summed E-state index contributed by atoms with van der Waals surface area (Å²) in [6.07, 6.45) is -0.563. The van der Waals surface area contributed by atoms with E-state index in [4.69, 9.17) is 14.7 Å². The van der Waals surface area contributed by atoms with E-state index in [1.54, 1.807) is 25.3 Å². The average molecular weight is 296 g/mol. The fourth-order valence-corrected chi connectivity index (χ4v) is 1.92. The molecule has 0 atom stereocenters. The van der Waals surface area contributed by atoms with Crippen LogP contribution in [-0.4, -0.2) is 13.2 Å². The van der Waals surface area contributed by atoms with Crippen LogP contribution in [0.3, 0.4) is 0 Å². The molecule has 1 N–H and O–H groups in total. The highest BCUT2D eigenvalue weighted by Crippen LogP contribution is 2.16. The summed E-state index contributed by atoms with van der Waals surface area (Å²) in [6.45, 7) is 0.543. The number of carbonyl (C=O) groups is 1. The second kappa shape index (κ2) is 7.81.